The number of piperidine rings is 1. The molecule has 1 fully saturated rings. The summed E-state index contributed by atoms with van der Waals surface area (Å²) in [6, 6.07) is 4.70. The van der Waals surface area contributed by atoms with Crippen molar-refractivity contribution >= 4 is 11.5 Å². The minimum Gasteiger partial charge on any atom is -0.396 e. The molecule has 1 aliphatic rings. The highest BCUT2D eigenvalue weighted by atomic mass is 19.4. The molecule has 1 aliphatic heterocycles. The van der Waals surface area contributed by atoms with E-state index in [2.05, 4.69) is 9.97 Å². The van der Waals surface area contributed by atoms with Crippen LogP contribution in [0.1, 0.15) is 24.8 Å². The number of pyridine rings is 2. The highest BCUT2D eigenvalue weighted by molar-refractivity contribution is 5.67. The van der Waals surface area contributed by atoms with Crippen LogP contribution >= 0.6 is 0 Å². The van der Waals surface area contributed by atoms with Crippen LogP contribution in [0, 0.1) is 5.92 Å². The van der Waals surface area contributed by atoms with Gasteiger partial charge in [-0.05, 0) is 43.4 Å². The molecule has 0 saturated carbocycles. The monoisotopic (exact) mass is 390 g/mol. The van der Waals surface area contributed by atoms with E-state index >= 15 is 0 Å². The largest absolute Gasteiger partial charge is 0.419 e. The molecule has 0 spiro atoms. The predicted molar refractivity (Wildman–Crippen MR) is 100 cm³/mol. The maximum absolute atomic E-state index is 13.8. The molecular formula is C20H21F3N4O. The lowest BCUT2D eigenvalue weighted by atomic mass is 9.93. The van der Waals surface area contributed by atoms with Crippen molar-refractivity contribution in [1.82, 2.24) is 14.4 Å². The van der Waals surface area contributed by atoms with Crippen LogP contribution < -0.4 is 4.90 Å². The first kappa shape index (κ1) is 18.7. The summed E-state index contributed by atoms with van der Waals surface area (Å²) in [4.78, 5) is 10.1. The Morgan fingerprint density at radius 1 is 1.11 bits per heavy atom. The fourth-order valence-electron chi connectivity index (χ4n) is 3.78. The van der Waals surface area contributed by atoms with Gasteiger partial charge in [0.05, 0.1) is 5.56 Å². The molecule has 8 heteroatoms. The molecule has 0 aliphatic carbocycles. The van der Waals surface area contributed by atoms with Gasteiger partial charge in [-0.1, -0.05) is 0 Å². The number of aliphatic hydroxyl groups excluding tert-OH is 1. The maximum atomic E-state index is 13.8. The van der Waals surface area contributed by atoms with E-state index in [1.54, 1.807) is 40.0 Å². The van der Waals surface area contributed by atoms with Crippen LogP contribution in [-0.4, -0.2) is 39.2 Å². The molecule has 0 unspecified atom stereocenters. The summed E-state index contributed by atoms with van der Waals surface area (Å²) in [5.74, 6) is 0.346. The van der Waals surface area contributed by atoms with E-state index in [0.29, 0.717) is 36.6 Å². The highest BCUT2D eigenvalue weighted by Gasteiger charge is 2.37. The Kier molecular flexibility index (Phi) is 4.97. The number of alkyl halides is 3. The van der Waals surface area contributed by atoms with E-state index in [1.807, 2.05) is 0 Å². The number of rotatable bonds is 4. The Morgan fingerprint density at radius 2 is 1.89 bits per heavy atom. The normalized spacial score (nSPS) is 16.1. The molecule has 0 atom stereocenters. The second-order valence-corrected chi connectivity index (χ2v) is 7.15. The third-order valence-electron chi connectivity index (χ3n) is 5.35. The van der Waals surface area contributed by atoms with Gasteiger partial charge in [0.15, 0.2) is 0 Å². The Morgan fingerprint density at radius 3 is 2.61 bits per heavy atom. The van der Waals surface area contributed by atoms with Gasteiger partial charge >= 0.3 is 6.18 Å². The average molecular weight is 390 g/mol. The summed E-state index contributed by atoms with van der Waals surface area (Å²) >= 11 is 0. The molecule has 0 aromatic carbocycles. The van der Waals surface area contributed by atoms with Gasteiger partial charge in [-0.3, -0.25) is 0 Å². The molecule has 1 N–H and O–H groups in total. The van der Waals surface area contributed by atoms with E-state index in [-0.39, 0.29) is 12.4 Å². The summed E-state index contributed by atoms with van der Waals surface area (Å²) in [6.07, 6.45) is 4.38. The van der Waals surface area contributed by atoms with Gasteiger partial charge in [0, 0.05) is 55.6 Å². The number of fused-ring (bicyclic) bond motifs is 1. The van der Waals surface area contributed by atoms with Gasteiger partial charge in [0.1, 0.15) is 11.5 Å². The van der Waals surface area contributed by atoms with E-state index in [0.717, 1.165) is 18.5 Å². The molecular weight excluding hydrogens is 369 g/mol. The number of hydrogen-bond donors (Lipinski definition) is 1. The SMILES string of the molecule is OCCC1CCN(c2ncc(-c3ccc4nccn4c3)cc2C(F)(F)F)CC1. The molecule has 1 saturated heterocycles. The standard InChI is InChI=1S/C20H21F3N4O/c21-20(22,23)17-11-16(15-1-2-18-24-6-9-27(18)13-15)12-25-19(17)26-7-3-14(4-8-26)5-10-28/h1-2,6,9,11-14,28H,3-5,7-8,10H2. The third-order valence-corrected chi connectivity index (χ3v) is 5.35. The van der Waals surface area contributed by atoms with E-state index in [4.69, 9.17) is 5.11 Å². The summed E-state index contributed by atoms with van der Waals surface area (Å²) in [6.45, 7) is 1.15. The Labute approximate surface area is 160 Å². The summed E-state index contributed by atoms with van der Waals surface area (Å²) in [5, 5.41) is 9.06. The zero-order chi connectivity index (χ0) is 19.7. The Bertz CT molecular complexity index is 961. The number of aliphatic hydroxyl groups is 1. The lowest BCUT2D eigenvalue weighted by Crippen LogP contribution is -2.36. The second kappa shape index (κ2) is 7.43. The van der Waals surface area contributed by atoms with Crippen LogP contribution in [0.3, 0.4) is 0 Å². The number of imidazole rings is 1. The second-order valence-electron chi connectivity index (χ2n) is 7.15. The molecule has 28 heavy (non-hydrogen) atoms. The third kappa shape index (κ3) is 3.69. The lowest BCUT2D eigenvalue weighted by Gasteiger charge is -2.34. The van der Waals surface area contributed by atoms with Gasteiger partial charge < -0.3 is 14.4 Å². The van der Waals surface area contributed by atoms with Crippen molar-refractivity contribution < 1.29 is 18.3 Å². The fourth-order valence-corrected chi connectivity index (χ4v) is 3.78. The highest BCUT2D eigenvalue weighted by Crippen LogP contribution is 2.39. The molecule has 0 amide bonds. The quantitative estimate of drug-likeness (QED) is 0.731. The molecule has 4 rings (SSSR count). The summed E-state index contributed by atoms with van der Waals surface area (Å²) in [5.41, 5.74) is 1.09. The molecule has 3 aromatic rings. The zero-order valence-corrected chi connectivity index (χ0v) is 15.2. The van der Waals surface area contributed by atoms with Gasteiger partial charge in [0.25, 0.3) is 0 Å². The van der Waals surface area contributed by atoms with Gasteiger partial charge in [-0.25, -0.2) is 9.97 Å². The average Bonchev–Trinajstić information content (AvgIpc) is 3.15. The number of hydrogen-bond acceptors (Lipinski definition) is 4. The first-order chi connectivity index (χ1) is 13.5. The first-order valence-electron chi connectivity index (χ1n) is 9.32. The van der Waals surface area contributed by atoms with Gasteiger partial charge in [0.2, 0.25) is 0 Å². The van der Waals surface area contributed by atoms with Crippen molar-refractivity contribution in [3.05, 3.63) is 48.5 Å². The summed E-state index contributed by atoms with van der Waals surface area (Å²) in [7, 11) is 0. The maximum Gasteiger partial charge on any atom is 0.419 e. The Hall–Kier alpha value is -2.61. The summed E-state index contributed by atoms with van der Waals surface area (Å²) < 4.78 is 43.1. The van der Waals surface area contributed by atoms with Gasteiger partial charge in [-0.15, -0.1) is 0 Å². The number of anilines is 1. The van der Waals surface area contributed by atoms with Crippen molar-refractivity contribution in [3.8, 4) is 11.1 Å². The first-order valence-corrected chi connectivity index (χ1v) is 9.32. The van der Waals surface area contributed by atoms with Crippen LogP contribution in [-0.2, 0) is 6.18 Å². The van der Waals surface area contributed by atoms with Crippen molar-refractivity contribution in [2.45, 2.75) is 25.4 Å². The van der Waals surface area contributed by atoms with Gasteiger partial charge in [-0.2, -0.15) is 13.2 Å². The minimum atomic E-state index is -4.49. The van der Waals surface area contributed by atoms with Crippen molar-refractivity contribution in [3.63, 3.8) is 0 Å². The molecule has 3 aromatic heterocycles. The van der Waals surface area contributed by atoms with Crippen LogP contribution in [0.2, 0.25) is 0 Å². The van der Waals surface area contributed by atoms with Crippen molar-refractivity contribution in [2.75, 3.05) is 24.6 Å². The van der Waals surface area contributed by atoms with E-state index in [9.17, 15) is 13.2 Å². The van der Waals surface area contributed by atoms with Crippen molar-refractivity contribution in [2.24, 2.45) is 5.92 Å². The van der Waals surface area contributed by atoms with Crippen LogP contribution in [0.5, 0.6) is 0 Å². The molecule has 4 heterocycles. The van der Waals surface area contributed by atoms with E-state index in [1.165, 1.54) is 12.3 Å². The predicted octanol–water partition coefficient (Wildman–Crippen LogP) is 4.01. The van der Waals surface area contributed by atoms with E-state index < -0.39 is 11.7 Å². The lowest BCUT2D eigenvalue weighted by molar-refractivity contribution is -0.137. The van der Waals surface area contributed by atoms with Crippen LogP contribution in [0.15, 0.2) is 43.0 Å². The number of halogens is 3. The van der Waals surface area contributed by atoms with Crippen LogP contribution in [0.4, 0.5) is 19.0 Å². The Balaban J connectivity index is 1.66. The fraction of sp³-hybridized carbons (Fsp3) is 0.400. The van der Waals surface area contributed by atoms with Crippen molar-refractivity contribution in [1.29, 1.82) is 0 Å². The van der Waals surface area contributed by atoms with Crippen LogP contribution in [0.25, 0.3) is 16.8 Å². The molecule has 5 nitrogen and oxygen atoms in total. The molecule has 0 radical (unpaired) electrons. The topological polar surface area (TPSA) is 53.7 Å². The minimum absolute atomic E-state index is 0.0117. The molecule has 0 bridgehead atoms. The zero-order valence-electron chi connectivity index (χ0n) is 15.2. The number of nitrogens with zero attached hydrogens (tertiary/aromatic N) is 4. The molecule has 148 valence electrons. The smallest absolute Gasteiger partial charge is 0.396 e. The number of aromatic nitrogens is 3.